The van der Waals surface area contributed by atoms with E-state index < -0.39 is 0 Å². The lowest BCUT2D eigenvalue weighted by molar-refractivity contribution is 0.0328. The van der Waals surface area contributed by atoms with Crippen LogP contribution in [0.2, 0.25) is 0 Å². The number of fused-ring (bicyclic) bond motifs is 1. The van der Waals surface area contributed by atoms with Crippen molar-refractivity contribution in [2.24, 2.45) is 7.05 Å². The number of ketones is 1. The van der Waals surface area contributed by atoms with Gasteiger partial charge in [0, 0.05) is 48.0 Å². The molecule has 1 aliphatic heterocycles. The zero-order valence-electron chi connectivity index (χ0n) is 18.9. The predicted octanol–water partition coefficient (Wildman–Crippen LogP) is 3.87. The molecule has 0 aliphatic carbocycles. The molecule has 2 aromatic carbocycles. The summed E-state index contributed by atoms with van der Waals surface area (Å²) < 4.78 is 9.63. The molecule has 0 radical (unpaired) electrons. The van der Waals surface area contributed by atoms with Crippen molar-refractivity contribution in [1.29, 1.82) is 0 Å². The van der Waals surface area contributed by atoms with Crippen LogP contribution in [0.15, 0.2) is 59.8 Å². The summed E-state index contributed by atoms with van der Waals surface area (Å²) in [6, 6.07) is 18.2. The molecule has 0 saturated carbocycles. The largest absolute Gasteiger partial charge is 0.379 e. The maximum Gasteiger partial charge on any atom is 0.196 e. The molecule has 1 fully saturated rings. The first-order chi connectivity index (χ1) is 16.1. The molecule has 0 atom stereocenters. The van der Waals surface area contributed by atoms with Gasteiger partial charge in [-0.2, -0.15) is 0 Å². The van der Waals surface area contributed by atoms with E-state index in [2.05, 4.69) is 30.3 Å². The maximum atomic E-state index is 13.3. The van der Waals surface area contributed by atoms with Gasteiger partial charge in [-0.15, -0.1) is 10.2 Å². The van der Waals surface area contributed by atoms with Gasteiger partial charge in [0.1, 0.15) is 0 Å². The quantitative estimate of drug-likeness (QED) is 0.307. The summed E-state index contributed by atoms with van der Waals surface area (Å²) in [5, 5.41) is 10.7. The number of rotatable bonds is 7. The van der Waals surface area contributed by atoms with Gasteiger partial charge in [-0.25, -0.2) is 0 Å². The van der Waals surface area contributed by atoms with E-state index in [9.17, 15) is 4.79 Å². The molecule has 3 heterocycles. The monoisotopic (exact) mass is 461 g/mol. The van der Waals surface area contributed by atoms with Crippen molar-refractivity contribution in [2.45, 2.75) is 18.6 Å². The molecule has 0 amide bonds. The van der Waals surface area contributed by atoms with Crippen LogP contribution in [-0.2, 0) is 18.3 Å². The van der Waals surface area contributed by atoms with E-state index in [-0.39, 0.29) is 5.78 Å². The summed E-state index contributed by atoms with van der Waals surface area (Å²) >= 11 is 1.44. The number of carbonyl (C=O) groups excluding carboxylic acids is 1. The number of para-hydroxylation sites is 2. The highest BCUT2D eigenvalue weighted by Crippen LogP contribution is 2.28. The van der Waals surface area contributed by atoms with Crippen LogP contribution in [0.25, 0.3) is 16.6 Å². The van der Waals surface area contributed by atoms with Gasteiger partial charge in [-0.1, -0.05) is 48.2 Å². The molecule has 2 aromatic heterocycles. The van der Waals surface area contributed by atoms with Crippen LogP contribution in [0.5, 0.6) is 0 Å². The molecule has 33 heavy (non-hydrogen) atoms. The lowest BCUT2D eigenvalue weighted by atomic mass is 10.1. The molecule has 8 heteroatoms. The Hall–Kier alpha value is -2.94. The molecule has 0 bridgehead atoms. The van der Waals surface area contributed by atoms with E-state index in [0.29, 0.717) is 12.3 Å². The summed E-state index contributed by atoms with van der Waals surface area (Å²) in [6.07, 6.45) is 0. The number of Topliss-reactive ketones (excluding diaryl/α,β-unsaturated/α-hetero) is 1. The highest BCUT2D eigenvalue weighted by molar-refractivity contribution is 7.99. The molecule has 0 spiro atoms. The van der Waals surface area contributed by atoms with Crippen LogP contribution in [0, 0.1) is 6.92 Å². The fraction of sp³-hybridized carbons (Fsp3) is 0.320. The van der Waals surface area contributed by atoms with Gasteiger partial charge in [0.05, 0.1) is 25.5 Å². The average Bonchev–Trinajstić information content (AvgIpc) is 3.37. The summed E-state index contributed by atoms with van der Waals surface area (Å²) in [4.78, 5) is 15.6. The average molecular weight is 462 g/mol. The molecule has 4 aromatic rings. The predicted molar refractivity (Wildman–Crippen MR) is 130 cm³/mol. The Labute approximate surface area is 197 Å². The number of aromatic nitrogens is 4. The number of thioether (sulfide) groups is 1. The molecular weight excluding hydrogens is 434 g/mol. The number of hydrogen-bond acceptors (Lipinski definition) is 6. The minimum atomic E-state index is 0.103. The van der Waals surface area contributed by atoms with E-state index in [1.54, 1.807) is 0 Å². The molecule has 1 aliphatic rings. The zero-order valence-corrected chi connectivity index (χ0v) is 19.7. The Morgan fingerprint density at radius 3 is 2.55 bits per heavy atom. The smallest absolute Gasteiger partial charge is 0.196 e. The number of hydrogen-bond donors (Lipinski definition) is 0. The first kappa shape index (κ1) is 21.9. The van der Waals surface area contributed by atoms with Crippen molar-refractivity contribution in [3.05, 3.63) is 71.7 Å². The van der Waals surface area contributed by atoms with Gasteiger partial charge in [-0.3, -0.25) is 14.3 Å². The van der Waals surface area contributed by atoms with E-state index in [0.717, 1.165) is 65.1 Å². The van der Waals surface area contributed by atoms with Crippen LogP contribution in [0.4, 0.5) is 0 Å². The molecular formula is C25H27N5O2S. The standard InChI is InChI=1S/C25H27N5O2S/c1-18-24(20-10-6-7-11-21(20)28(18)2)22(31)17-33-25-27-26-23(16-29-12-14-32-15-13-29)30(25)19-8-4-3-5-9-19/h3-11H,12-17H2,1-2H3. The van der Waals surface area contributed by atoms with Crippen molar-refractivity contribution in [1.82, 2.24) is 24.2 Å². The first-order valence-electron chi connectivity index (χ1n) is 11.1. The van der Waals surface area contributed by atoms with E-state index in [1.165, 1.54) is 11.8 Å². The normalized spacial score (nSPS) is 14.7. The summed E-state index contributed by atoms with van der Waals surface area (Å²) in [5.74, 6) is 1.28. The lowest BCUT2D eigenvalue weighted by Crippen LogP contribution is -2.36. The van der Waals surface area contributed by atoms with Crippen molar-refractivity contribution >= 4 is 28.4 Å². The van der Waals surface area contributed by atoms with Gasteiger partial charge in [0.15, 0.2) is 16.8 Å². The van der Waals surface area contributed by atoms with Crippen LogP contribution in [0.3, 0.4) is 0 Å². The Kier molecular flexibility index (Phi) is 6.30. The van der Waals surface area contributed by atoms with Gasteiger partial charge >= 0.3 is 0 Å². The molecule has 1 saturated heterocycles. The lowest BCUT2D eigenvalue weighted by Gasteiger charge is -2.26. The molecule has 0 N–H and O–H groups in total. The number of morpholine rings is 1. The third-order valence-corrected chi connectivity index (χ3v) is 7.12. The Morgan fingerprint density at radius 2 is 1.76 bits per heavy atom. The third-order valence-electron chi connectivity index (χ3n) is 6.19. The van der Waals surface area contributed by atoms with Gasteiger partial charge < -0.3 is 9.30 Å². The van der Waals surface area contributed by atoms with Crippen LogP contribution < -0.4 is 0 Å². The first-order valence-corrected chi connectivity index (χ1v) is 12.1. The maximum absolute atomic E-state index is 13.3. The van der Waals surface area contributed by atoms with Crippen molar-refractivity contribution in [3.63, 3.8) is 0 Å². The second kappa shape index (κ2) is 9.51. The fourth-order valence-corrected chi connectivity index (χ4v) is 5.21. The SMILES string of the molecule is Cc1c(C(=O)CSc2nnc(CN3CCOCC3)n2-c2ccccc2)c2ccccc2n1C. The van der Waals surface area contributed by atoms with Crippen LogP contribution >= 0.6 is 11.8 Å². The molecule has 7 nitrogen and oxygen atoms in total. The molecule has 170 valence electrons. The number of aryl methyl sites for hydroxylation is 1. The van der Waals surface area contributed by atoms with E-state index >= 15 is 0 Å². The third kappa shape index (κ3) is 4.34. The fourth-order valence-electron chi connectivity index (χ4n) is 4.37. The second-order valence-corrected chi connectivity index (χ2v) is 9.15. The van der Waals surface area contributed by atoms with Crippen molar-refractivity contribution < 1.29 is 9.53 Å². The Balaban J connectivity index is 1.42. The van der Waals surface area contributed by atoms with Crippen LogP contribution in [-0.4, -0.2) is 62.1 Å². The van der Waals surface area contributed by atoms with E-state index in [1.807, 2.05) is 62.5 Å². The minimum Gasteiger partial charge on any atom is -0.379 e. The number of ether oxygens (including phenoxy) is 1. The minimum absolute atomic E-state index is 0.103. The molecule has 0 unspecified atom stereocenters. The highest BCUT2D eigenvalue weighted by Gasteiger charge is 2.22. The second-order valence-electron chi connectivity index (χ2n) is 8.21. The summed E-state index contributed by atoms with van der Waals surface area (Å²) in [7, 11) is 2.01. The van der Waals surface area contributed by atoms with Gasteiger partial charge in [0.2, 0.25) is 0 Å². The highest BCUT2D eigenvalue weighted by atomic mass is 32.2. The van der Waals surface area contributed by atoms with Crippen molar-refractivity contribution in [3.8, 4) is 5.69 Å². The van der Waals surface area contributed by atoms with Crippen molar-refractivity contribution in [2.75, 3.05) is 32.1 Å². The Morgan fingerprint density at radius 1 is 1.03 bits per heavy atom. The summed E-state index contributed by atoms with van der Waals surface area (Å²) in [6.45, 7) is 5.93. The Bertz CT molecular complexity index is 1270. The number of nitrogens with zero attached hydrogens (tertiary/aromatic N) is 5. The van der Waals surface area contributed by atoms with E-state index in [4.69, 9.17) is 4.74 Å². The van der Waals surface area contributed by atoms with Gasteiger partial charge in [-0.05, 0) is 25.1 Å². The number of carbonyl (C=O) groups is 1. The van der Waals surface area contributed by atoms with Crippen LogP contribution in [0.1, 0.15) is 21.9 Å². The van der Waals surface area contributed by atoms with Gasteiger partial charge in [0.25, 0.3) is 0 Å². The number of benzene rings is 2. The molecule has 5 rings (SSSR count). The topological polar surface area (TPSA) is 65.2 Å². The zero-order chi connectivity index (χ0) is 22.8. The summed E-state index contributed by atoms with van der Waals surface area (Å²) in [5.41, 5.74) is 3.85.